The molecular formula is C15H12O3. The van der Waals surface area contributed by atoms with Crippen LogP contribution in [0, 0.1) is 0 Å². The Hall–Kier alpha value is -2.29. The van der Waals surface area contributed by atoms with Gasteiger partial charge in [-0.2, -0.15) is 0 Å². The third-order valence-electron chi connectivity index (χ3n) is 3.33. The minimum atomic E-state index is -0.0440. The number of carbonyl (C=O) groups excluding carboxylic acids is 1. The van der Waals surface area contributed by atoms with Crippen molar-refractivity contribution in [2.75, 3.05) is 0 Å². The highest BCUT2D eigenvalue weighted by molar-refractivity contribution is 6.11. The van der Waals surface area contributed by atoms with Crippen molar-refractivity contribution in [2.24, 2.45) is 0 Å². The van der Waals surface area contributed by atoms with Crippen LogP contribution in [-0.2, 0) is 12.8 Å². The van der Waals surface area contributed by atoms with Gasteiger partial charge >= 0.3 is 0 Å². The van der Waals surface area contributed by atoms with Crippen LogP contribution in [0.3, 0.4) is 0 Å². The Kier molecular flexibility index (Phi) is 2.33. The van der Waals surface area contributed by atoms with Gasteiger partial charge in [0.2, 0.25) is 0 Å². The van der Waals surface area contributed by atoms with Crippen molar-refractivity contribution >= 4 is 5.78 Å². The molecule has 90 valence electrons. The molecule has 0 unspecified atom stereocenters. The Morgan fingerprint density at radius 2 is 1.22 bits per heavy atom. The predicted octanol–water partition coefficient (Wildman–Crippen LogP) is 2.43. The maximum absolute atomic E-state index is 12.4. The number of aryl methyl sites for hydroxylation is 2. The number of fused-ring (bicyclic) bond motifs is 2. The van der Waals surface area contributed by atoms with E-state index in [9.17, 15) is 15.0 Å². The number of hydrogen-bond acceptors (Lipinski definition) is 3. The van der Waals surface area contributed by atoms with Crippen LogP contribution in [0.15, 0.2) is 36.4 Å². The summed E-state index contributed by atoms with van der Waals surface area (Å²) < 4.78 is 0. The first kappa shape index (κ1) is 10.8. The molecule has 0 amide bonds. The summed E-state index contributed by atoms with van der Waals surface area (Å²) >= 11 is 0. The van der Waals surface area contributed by atoms with Crippen molar-refractivity contribution in [3.05, 3.63) is 58.7 Å². The zero-order valence-corrected chi connectivity index (χ0v) is 9.68. The van der Waals surface area contributed by atoms with Crippen molar-refractivity contribution in [3.63, 3.8) is 0 Å². The Morgan fingerprint density at radius 3 is 1.67 bits per heavy atom. The number of ketones is 1. The monoisotopic (exact) mass is 240 g/mol. The van der Waals surface area contributed by atoms with E-state index < -0.39 is 0 Å². The summed E-state index contributed by atoms with van der Waals surface area (Å²) in [5.41, 5.74) is 2.99. The van der Waals surface area contributed by atoms with Gasteiger partial charge in [-0.05, 0) is 60.4 Å². The van der Waals surface area contributed by atoms with Gasteiger partial charge in [-0.1, -0.05) is 0 Å². The van der Waals surface area contributed by atoms with Crippen molar-refractivity contribution in [2.45, 2.75) is 12.8 Å². The highest BCUT2D eigenvalue weighted by Crippen LogP contribution is 2.28. The predicted molar refractivity (Wildman–Crippen MR) is 67.1 cm³/mol. The molecule has 3 nitrogen and oxygen atoms in total. The van der Waals surface area contributed by atoms with Crippen molar-refractivity contribution < 1.29 is 15.0 Å². The maximum Gasteiger partial charge on any atom is 0.193 e. The van der Waals surface area contributed by atoms with Crippen LogP contribution in [0.25, 0.3) is 0 Å². The van der Waals surface area contributed by atoms with E-state index in [-0.39, 0.29) is 17.3 Å². The summed E-state index contributed by atoms with van der Waals surface area (Å²) in [6.45, 7) is 0. The first-order valence-electron chi connectivity index (χ1n) is 5.83. The van der Waals surface area contributed by atoms with E-state index in [1.807, 2.05) is 0 Å². The molecule has 0 radical (unpaired) electrons. The van der Waals surface area contributed by atoms with E-state index >= 15 is 0 Å². The normalized spacial score (nSPS) is 13.7. The molecule has 3 heteroatoms. The minimum Gasteiger partial charge on any atom is -0.508 e. The molecule has 1 aliphatic carbocycles. The molecule has 2 aromatic carbocycles. The van der Waals surface area contributed by atoms with Crippen LogP contribution >= 0.6 is 0 Å². The van der Waals surface area contributed by atoms with Crippen LogP contribution in [0.2, 0.25) is 0 Å². The molecule has 0 atom stereocenters. The fourth-order valence-electron chi connectivity index (χ4n) is 2.43. The molecule has 2 N–H and O–H groups in total. The third kappa shape index (κ3) is 1.64. The molecule has 0 fully saturated rings. The number of hydrogen-bond donors (Lipinski definition) is 2. The molecule has 0 spiro atoms. The Balaban J connectivity index is 2.18. The van der Waals surface area contributed by atoms with Crippen LogP contribution < -0.4 is 0 Å². The van der Waals surface area contributed by atoms with Crippen molar-refractivity contribution in [1.82, 2.24) is 0 Å². The standard InChI is InChI=1S/C15H12O3/c16-11-3-5-13-9(7-11)1-2-10-8-12(17)4-6-14(10)15(13)18/h3-8,16-17H,1-2H2. The van der Waals surface area contributed by atoms with E-state index in [2.05, 4.69) is 0 Å². The number of phenols is 2. The van der Waals surface area contributed by atoms with E-state index in [1.54, 1.807) is 24.3 Å². The molecular weight excluding hydrogens is 228 g/mol. The fraction of sp³-hybridized carbons (Fsp3) is 0.133. The van der Waals surface area contributed by atoms with Gasteiger partial charge in [-0.3, -0.25) is 4.79 Å². The minimum absolute atomic E-state index is 0.0440. The average Bonchev–Trinajstić information content (AvgIpc) is 2.47. The average molecular weight is 240 g/mol. The maximum atomic E-state index is 12.4. The Labute approximate surface area is 104 Å². The van der Waals surface area contributed by atoms with Gasteiger partial charge in [0.15, 0.2) is 5.78 Å². The lowest BCUT2D eigenvalue weighted by Crippen LogP contribution is -2.03. The zero-order chi connectivity index (χ0) is 12.7. The lowest BCUT2D eigenvalue weighted by molar-refractivity contribution is 0.103. The van der Waals surface area contributed by atoms with Gasteiger partial charge in [-0.25, -0.2) is 0 Å². The number of aromatic hydroxyl groups is 2. The van der Waals surface area contributed by atoms with E-state index in [0.29, 0.717) is 24.0 Å². The summed E-state index contributed by atoms with van der Waals surface area (Å²) in [6, 6.07) is 9.66. The first-order chi connectivity index (χ1) is 8.65. The largest absolute Gasteiger partial charge is 0.508 e. The van der Waals surface area contributed by atoms with Gasteiger partial charge in [0.1, 0.15) is 11.5 Å². The lowest BCUT2D eigenvalue weighted by atomic mass is 9.99. The lowest BCUT2D eigenvalue weighted by Gasteiger charge is -2.05. The topological polar surface area (TPSA) is 57.5 Å². The molecule has 0 saturated heterocycles. The molecule has 0 heterocycles. The summed E-state index contributed by atoms with van der Waals surface area (Å²) in [5, 5.41) is 19.0. The molecule has 0 aliphatic heterocycles. The second-order valence-electron chi connectivity index (χ2n) is 4.51. The second kappa shape index (κ2) is 3.88. The van der Waals surface area contributed by atoms with E-state index in [1.165, 1.54) is 12.1 Å². The molecule has 0 aromatic heterocycles. The summed E-state index contributed by atoms with van der Waals surface area (Å²) in [6.07, 6.45) is 1.37. The van der Waals surface area contributed by atoms with Crippen molar-refractivity contribution in [3.8, 4) is 11.5 Å². The van der Waals surface area contributed by atoms with Gasteiger partial charge < -0.3 is 10.2 Å². The zero-order valence-electron chi connectivity index (χ0n) is 9.68. The molecule has 18 heavy (non-hydrogen) atoms. The van der Waals surface area contributed by atoms with Crippen LogP contribution in [0.4, 0.5) is 0 Å². The second-order valence-corrected chi connectivity index (χ2v) is 4.51. The molecule has 1 aliphatic rings. The quantitative estimate of drug-likeness (QED) is 0.743. The SMILES string of the molecule is O=C1c2ccc(O)cc2CCc2cc(O)ccc21. The summed E-state index contributed by atoms with van der Waals surface area (Å²) in [4.78, 5) is 12.4. The molecule has 2 aromatic rings. The number of phenolic OH excluding ortho intramolecular Hbond substituents is 2. The first-order valence-corrected chi connectivity index (χ1v) is 5.83. The summed E-state index contributed by atoms with van der Waals surface area (Å²) in [7, 11) is 0. The van der Waals surface area contributed by atoms with Crippen molar-refractivity contribution in [1.29, 1.82) is 0 Å². The van der Waals surface area contributed by atoms with Gasteiger partial charge in [0.25, 0.3) is 0 Å². The number of rotatable bonds is 0. The third-order valence-corrected chi connectivity index (χ3v) is 3.33. The smallest absolute Gasteiger partial charge is 0.193 e. The highest BCUT2D eigenvalue weighted by Gasteiger charge is 2.21. The van der Waals surface area contributed by atoms with Crippen LogP contribution in [0.1, 0.15) is 27.0 Å². The molecule has 3 rings (SSSR count). The van der Waals surface area contributed by atoms with Gasteiger partial charge in [-0.15, -0.1) is 0 Å². The van der Waals surface area contributed by atoms with Gasteiger partial charge in [0, 0.05) is 11.1 Å². The molecule has 0 saturated carbocycles. The Morgan fingerprint density at radius 1 is 0.778 bits per heavy atom. The van der Waals surface area contributed by atoms with Crippen LogP contribution in [0.5, 0.6) is 11.5 Å². The summed E-state index contributed by atoms with van der Waals surface area (Å²) in [5.74, 6) is 0.309. The number of benzene rings is 2. The Bertz CT molecular complexity index is 589. The van der Waals surface area contributed by atoms with E-state index in [0.717, 1.165) is 11.1 Å². The van der Waals surface area contributed by atoms with Gasteiger partial charge in [0.05, 0.1) is 0 Å². The van der Waals surface area contributed by atoms with Crippen LogP contribution in [-0.4, -0.2) is 16.0 Å². The molecule has 0 bridgehead atoms. The number of carbonyl (C=O) groups is 1. The highest BCUT2D eigenvalue weighted by atomic mass is 16.3. The van der Waals surface area contributed by atoms with E-state index in [4.69, 9.17) is 0 Å². The fourth-order valence-corrected chi connectivity index (χ4v) is 2.43.